The van der Waals surface area contributed by atoms with Crippen LogP contribution in [0.4, 0.5) is 10.5 Å². The molecule has 0 bridgehead atoms. The van der Waals surface area contributed by atoms with Crippen molar-refractivity contribution in [2.75, 3.05) is 19.0 Å². The summed E-state index contributed by atoms with van der Waals surface area (Å²) >= 11 is 6.80. The number of nitrogens with one attached hydrogen (secondary N) is 1. The van der Waals surface area contributed by atoms with Gasteiger partial charge in [0.1, 0.15) is 12.3 Å². The molecule has 1 saturated heterocycles. The number of hydrogen-bond donors (Lipinski definition) is 1. The number of allylic oxidation sites excluding steroid dienone is 2. The fourth-order valence-corrected chi connectivity index (χ4v) is 3.48. The predicted molar refractivity (Wildman–Crippen MR) is 115 cm³/mol. The number of halogens is 1. The van der Waals surface area contributed by atoms with Gasteiger partial charge in [-0.2, -0.15) is 0 Å². The van der Waals surface area contributed by atoms with Crippen LogP contribution >= 0.6 is 23.4 Å². The van der Waals surface area contributed by atoms with Gasteiger partial charge in [-0.1, -0.05) is 48.0 Å². The van der Waals surface area contributed by atoms with Gasteiger partial charge in [0.15, 0.2) is 0 Å². The van der Waals surface area contributed by atoms with Gasteiger partial charge in [0.25, 0.3) is 11.1 Å². The fraction of sp³-hybridized carbons (Fsp3) is 0.0952. The number of anilines is 1. The Morgan fingerprint density at radius 1 is 1.17 bits per heavy atom. The molecular weight excluding hydrogens is 412 g/mol. The maximum absolute atomic E-state index is 12.5. The van der Waals surface area contributed by atoms with Gasteiger partial charge < -0.3 is 10.1 Å². The molecule has 0 unspecified atom stereocenters. The van der Waals surface area contributed by atoms with Crippen molar-refractivity contribution in [3.05, 3.63) is 76.2 Å². The topological polar surface area (TPSA) is 75.7 Å². The van der Waals surface area contributed by atoms with E-state index in [1.165, 1.54) is 0 Å². The van der Waals surface area contributed by atoms with E-state index in [1.54, 1.807) is 49.6 Å². The number of hydrogen-bond acceptors (Lipinski definition) is 5. The van der Waals surface area contributed by atoms with E-state index in [9.17, 15) is 14.4 Å². The molecule has 148 valence electrons. The molecule has 1 fully saturated rings. The molecule has 0 radical (unpaired) electrons. The van der Waals surface area contributed by atoms with Crippen molar-refractivity contribution < 1.29 is 19.1 Å². The van der Waals surface area contributed by atoms with E-state index in [4.69, 9.17) is 16.3 Å². The third-order valence-corrected chi connectivity index (χ3v) is 5.23. The van der Waals surface area contributed by atoms with Crippen molar-refractivity contribution in [2.45, 2.75) is 0 Å². The first-order valence-corrected chi connectivity index (χ1v) is 9.78. The second kappa shape index (κ2) is 9.45. The Balaban J connectivity index is 1.62. The maximum Gasteiger partial charge on any atom is 0.294 e. The molecule has 1 N–H and O–H groups in total. The number of carbonyl (C=O) groups excluding carboxylic acids is 3. The summed E-state index contributed by atoms with van der Waals surface area (Å²) in [6, 6.07) is 14.1. The van der Waals surface area contributed by atoms with Crippen LogP contribution in [-0.2, 0) is 9.59 Å². The lowest BCUT2D eigenvalue weighted by molar-refractivity contribution is -0.127. The molecule has 3 amide bonds. The summed E-state index contributed by atoms with van der Waals surface area (Å²) in [5.41, 5.74) is 1.34. The van der Waals surface area contributed by atoms with Crippen LogP contribution < -0.4 is 10.1 Å². The first kappa shape index (κ1) is 20.7. The Hall–Kier alpha value is -3.03. The van der Waals surface area contributed by atoms with Crippen molar-refractivity contribution in [1.29, 1.82) is 0 Å². The first-order chi connectivity index (χ1) is 14.0. The van der Waals surface area contributed by atoms with E-state index in [2.05, 4.69) is 5.32 Å². The number of thioether (sulfide) groups is 1. The fourth-order valence-electron chi connectivity index (χ4n) is 2.51. The second-order valence-electron chi connectivity index (χ2n) is 5.95. The van der Waals surface area contributed by atoms with Crippen LogP contribution in [0.2, 0.25) is 5.02 Å². The lowest BCUT2D eigenvalue weighted by Crippen LogP contribution is -2.36. The quantitative estimate of drug-likeness (QED) is 0.681. The lowest BCUT2D eigenvalue weighted by Gasteiger charge is -2.13. The smallest absolute Gasteiger partial charge is 0.294 e. The number of methoxy groups -OCH3 is 1. The van der Waals surface area contributed by atoms with Crippen molar-refractivity contribution >= 4 is 52.2 Å². The van der Waals surface area contributed by atoms with Gasteiger partial charge in [0, 0.05) is 0 Å². The number of imide groups is 1. The minimum Gasteiger partial charge on any atom is -0.497 e. The van der Waals surface area contributed by atoms with E-state index in [1.807, 2.05) is 24.3 Å². The number of rotatable bonds is 6. The second-order valence-corrected chi connectivity index (χ2v) is 7.35. The van der Waals surface area contributed by atoms with Crippen LogP contribution in [0.5, 0.6) is 5.75 Å². The van der Waals surface area contributed by atoms with Crippen LogP contribution in [-0.4, -0.2) is 35.6 Å². The van der Waals surface area contributed by atoms with Gasteiger partial charge in [-0.3, -0.25) is 19.3 Å². The van der Waals surface area contributed by atoms with Gasteiger partial charge in [0.2, 0.25) is 5.91 Å². The molecular formula is C21H17ClN2O4S. The van der Waals surface area contributed by atoms with E-state index in [0.29, 0.717) is 10.7 Å². The molecule has 2 aromatic carbocycles. The highest BCUT2D eigenvalue weighted by atomic mass is 35.5. The normalized spacial score (nSPS) is 15.4. The third kappa shape index (κ3) is 5.28. The van der Waals surface area contributed by atoms with E-state index < -0.39 is 17.1 Å². The molecule has 3 rings (SSSR count). The molecule has 1 heterocycles. The number of benzene rings is 2. The van der Waals surface area contributed by atoms with Crippen molar-refractivity contribution in [3.63, 3.8) is 0 Å². The predicted octanol–water partition coefficient (Wildman–Crippen LogP) is 4.58. The van der Waals surface area contributed by atoms with Crippen LogP contribution in [0.15, 0.2) is 65.6 Å². The molecule has 0 spiro atoms. The number of para-hydroxylation sites is 1. The van der Waals surface area contributed by atoms with Gasteiger partial charge in [-0.25, -0.2) is 0 Å². The summed E-state index contributed by atoms with van der Waals surface area (Å²) in [5.74, 6) is -0.262. The highest BCUT2D eigenvalue weighted by Crippen LogP contribution is 2.30. The van der Waals surface area contributed by atoms with Crippen molar-refractivity contribution in [2.24, 2.45) is 0 Å². The minimum atomic E-state index is -0.506. The average molecular weight is 429 g/mol. The zero-order valence-electron chi connectivity index (χ0n) is 15.4. The molecule has 8 heteroatoms. The monoisotopic (exact) mass is 428 g/mol. The van der Waals surface area contributed by atoms with Crippen LogP contribution in [0.25, 0.3) is 6.08 Å². The molecule has 0 aromatic heterocycles. The van der Waals surface area contributed by atoms with Gasteiger partial charge in [0.05, 0.1) is 22.7 Å². The number of carbonyl (C=O) groups is 3. The summed E-state index contributed by atoms with van der Waals surface area (Å²) < 4.78 is 5.10. The molecule has 0 atom stereocenters. The van der Waals surface area contributed by atoms with Crippen LogP contribution in [0.3, 0.4) is 0 Å². The SMILES string of the molecule is COc1ccc(/C=C/C=C2/SC(=O)N(CC(=O)Nc3ccccc3Cl)C2=O)cc1. The molecule has 1 aliphatic rings. The van der Waals surface area contributed by atoms with Crippen molar-refractivity contribution in [3.8, 4) is 5.75 Å². The Morgan fingerprint density at radius 3 is 2.59 bits per heavy atom. The standard InChI is InChI=1S/C21H17ClN2O4S/c1-28-15-11-9-14(10-12-15)5-4-8-18-20(26)24(21(27)29-18)13-19(25)23-17-7-3-2-6-16(17)22/h2-12H,13H2,1H3,(H,23,25)/b5-4+,18-8+. The molecule has 0 aliphatic carbocycles. The summed E-state index contributed by atoms with van der Waals surface area (Å²) in [4.78, 5) is 38.0. The van der Waals surface area contributed by atoms with E-state index in [0.717, 1.165) is 28.0 Å². The molecule has 0 saturated carbocycles. The summed E-state index contributed by atoms with van der Waals surface area (Å²) in [7, 11) is 1.59. The van der Waals surface area contributed by atoms with E-state index >= 15 is 0 Å². The van der Waals surface area contributed by atoms with Gasteiger partial charge >= 0.3 is 0 Å². The zero-order chi connectivity index (χ0) is 20.8. The first-order valence-electron chi connectivity index (χ1n) is 8.58. The Bertz CT molecular complexity index is 1000. The minimum absolute atomic E-state index is 0.255. The van der Waals surface area contributed by atoms with Gasteiger partial charge in [-0.15, -0.1) is 0 Å². The number of ether oxygens (including phenoxy) is 1. The molecule has 29 heavy (non-hydrogen) atoms. The van der Waals surface area contributed by atoms with Crippen LogP contribution in [0, 0.1) is 0 Å². The van der Waals surface area contributed by atoms with Crippen molar-refractivity contribution in [1.82, 2.24) is 4.90 Å². The largest absolute Gasteiger partial charge is 0.497 e. The maximum atomic E-state index is 12.5. The molecule has 1 aliphatic heterocycles. The average Bonchev–Trinajstić information content (AvgIpc) is 2.98. The highest BCUT2D eigenvalue weighted by molar-refractivity contribution is 8.18. The van der Waals surface area contributed by atoms with Crippen LogP contribution in [0.1, 0.15) is 5.56 Å². The summed E-state index contributed by atoms with van der Waals surface area (Å²) in [6.07, 6.45) is 5.04. The molecule has 6 nitrogen and oxygen atoms in total. The zero-order valence-corrected chi connectivity index (χ0v) is 17.0. The Labute approximate surface area is 177 Å². The van der Waals surface area contributed by atoms with E-state index in [-0.39, 0.29) is 11.4 Å². The lowest BCUT2D eigenvalue weighted by atomic mass is 10.2. The number of amides is 3. The van der Waals surface area contributed by atoms with Gasteiger partial charge in [-0.05, 0) is 47.7 Å². The highest BCUT2D eigenvalue weighted by Gasteiger charge is 2.36. The Kier molecular flexibility index (Phi) is 6.74. The molecule has 2 aromatic rings. The summed E-state index contributed by atoms with van der Waals surface area (Å²) in [5, 5.41) is 2.48. The third-order valence-electron chi connectivity index (χ3n) is 3.98. The number of nitrogens with zero attached hydrogens (tertiary/aromatic N) is 1. The summed E-state index contributed by atoms with van der Waals surface area (Å²) in [6.45, 7) is -0.380. The Morgan fingerprint density at radius 2 is 1.90 bits per heavy atom.